The number of benzene rings is 1. The van der Waals surface area contributed by atoms with Crippen LogP contribution >= 0.6 is 24.0 Å². The summed E-state index contributed by atoms with van der Waals surface area (Å²) in [6.45, 7) is 7.61. The molecule has 1 aromatic rings. The highest BCUT2D eigenvalue weighted by atomic mass is 127. The van der Waals surface area contributed by atoms with Crippen LogP contribution in [-0.4, -0.2) is 31.2 Å². The van der Waals surface area contributed by atoms with Crippen molar-refractivity contribution in [1.29, 1.82) is 0 Å². The van der Waals surface area contributed by atoms with E-state index < -0.39 is 0 Å². The highest BCUT2D eigenvalue weighted by Gasteiger charge is 2.33. The predicted octanol–water partition coefficient (Wildman–Crippen LogP) is 3.17. The zero-order valence-corrected chi connectivity index (χ0v) is 15.6. The predicted molar refractivity (Wildman–Crippen MR) is 98.6 cm³/mol. The van der Waals surface area contributed by atoms with Gasteiger partial charge in [-0.2, -0.15) is 0 Å². The minimum atomic E-state index is -0.259. The summed E-state index contributed by atoms with van der Waals surface area (Å²) in [6, 6.07) is 6.59. The summed E-state index contributed by atoms with van der Waals surface area (Å²) in [7, 11) is 0. The van der Waals surface area contributed by atoms with E-state index in [1.165, 1.54) is 18.6 Å². The number of hydrogen-bond acceptors (Lipinski definition) is 2. The zero-order valence-electron chi connectivity index (χ0n) is 13.3. The molecule has 3 atom stereocenters. The first kappa shape index (κ1) is 19.0. The van der Waals surface area contributed by atoms with E-state index in [-0.39, 0.29) is 35.9 Å². The Hall–Kier alpha value is -1.05. The first-order valence-corrected chi connectivity index (χ1v) is 7.55. The van der Waals surface area contributed by atoms with E-state index in [0.29, 0.717) is 18.3 Å². The zero-order chi connectivity index (χ0) is 15.2. The lowest BCUT2D eigenvalue weighted by Crippen LogP contribution is -2.39. The topological polar surface area (TPSA) is 45.7 Å². The van der Waals surface area contributed by atoms with Crippen molar-refractivity contribution in [2.45, 2.75) is 39.3 Å². The fraction of sp³-hybridized carbons (Fsp3) is 0.562. The van der Waals surface area contributed by atoms with Crippen LogP contribution in [-0.2, 0) is 0 Å². The molecule has 0 saturated heterocycles. The molecule has 1 aliphatic carbocycles. The number of rotatable bonds is 6. The molecule has 124 valence electrons. The lowest BCUT2D eigenvalue weighted by Gasteiger charge is -2.15. The summed E-state index contributed by atoms with van der Waals surface area (Å²) in [4.78, 5) is 4.54. The molecule has 2 N–H and O–H groups in total. The Labute approximate surface area is 148 Å². The van der Waals surface area contributed by atoms with Crippen molar-refractivity contribution in [3.8, 4) is 5.75 Å². The smallest absolute Gasteiger partial charge is 0.191 e. The summed E-state index contributed by atoms with van der Waals surface area (Å²) in [5.74, 6) is 1.96. The summed E-state index contributed by atoms with van der Waals surface area (Å²) in [5.41, 5.74) is 0. The van der Waals surface area contributed by atoms with Gasteiger partial charge in [0.15, 0.2) is 5.96 Å². The van der Waals surface area contributed by atoms with Crippen molar-refractivity contribution in [3.63, 3.8) is 0 Å². The minimum Gasteiger partial charge on any atom is -0.489 e. The molecule has 6 heteroatoms. The van der Waals surface area contributed by atoms with Gasteiger partial charge in [-0.1, -0.05) is 6.92 Å². The van der Waals surface area contributed by atoms with Gasteiger partial charge in [-0.3, -0.25) is 0 Å². The Morgan fingerprint density at radius 2 is 2.05 bits per heavy atom. The van der Waals surface area contributed by atoms with E-state index in [4.69, 9.17) is 4.74 Å². The Balaban J connectivity index is 0.00000242. The molecule has 0 aromatic heterocycles. The second-order valence-corrected chi connectivity index (χ2v) is 5.57. The number of ether oxygens (including phenoxy) is 1. The van der Waals surface area contributed by atoms with Crippen LogP contribution in [0.4, 0.5) is 4.39 Å². The van der Waals surface area contributed by atoms with E-state index in [1.807, 2.05) is 13.8 Å². The van der Waals surface area contributed by atoms with Crippen molar-refractivity contribution in [2.24, 2.45) is 10.9 Å². The third kappa shape index (κ3) is 6.37. The molecular weight excluding hydrogens is 396 g/mol. The quantitative estimate of drug-likeness (QED) is 0.422. The van der Waals surface area contributed by atoms with Crippen molar-refractivity contribution in [2.75, 3.05) is 13.1 Å². The number of nitrogens with zero attached hydrogens (tertiary/aromatic N) is 1. The SMILES string of the molecule is CCNC(=NCC(C)Oc1ccc(F)cc1)NC1CC1C.I. The first-order valence-electron chi connectivity index (χ1n) is 7.55. The second kappa shape index (κ2) is 9.17. The van der Waals surface area contributed by atoms with Crippen LogP contribution in [0.5, 0.6) is 5.75 Å². The van der Waals surface area contributed by atoms with Gasteiger partial charge < -0.3 is 15.4 Å². The molecule has 0 spiro atoms. The van der Waals surface area contributed by atoms with Crippen molar-refractivity contribution in [1.82, 2.24) is 10.6 Å². The number of nitrogens with one attached hydrogen (secondary N) is 2. The average Bonchev–Trinajstić information content (AvgIpc) is 3.14. The average molecular weight is 421 g/mol. The molecule has 1 aliphatic rings. The monoisotopic (exact) mass is 421 g/mol. The number of halogens is 2. The highest BCUT2D eigenvalue weighted by Crippen LogP contribution is 2.28. The molecule has 0 aliphatic heterocycles. The van der Waals surface area contributed by atoms with Crippen LogP contribution in [0.1, 0.15) is 27.2 Å². The Morgan fingerprint density at radius 3 is 2.59 bits per heavy atom. The molecule has 0 amide bonds. The second-order valence-electron chi connectivity index (χ2n) is 5.57. The molecule has 0 radical (unpaired) electrons. The number of hydrogen-bond donors (Lipinski definition) is 2. The van der Waals surface area contributed by atoms with Gasteiger partial charge >= 0.3 is 0 Å². The molecule has 3 unspecified atom stereocenters. The van der Waals surface area contributed by atoms with E-state index in [9.17, 15) is 4.39 Å². The van der Waals surface area contributed by atoms with Gasteiger partial charge in [0, 0.05) is 12.6 Å². The summed E-state index contributed by atoms with van der Waals surface area (Å²) < 4.78 is 18.5. The standard InChI is InChI=1S/C16H24FN3O.HI/c1-4-18-16(20-15-9-11(15)2)19-10-12(3)21-14-7-5-13(17)6-8-14;/h5-8,11-12,15H,4,9-10H2,1-3H3,(H2,18,19,20);1H. The third-order valence-electron chi connectivity index (χ3n) is 3.43. The Bertz CT molecular complexity index is 481. The maximum Gasteiger partial charge on any atom is 0.191 e. The summed E-state index contributed by atoms with van der Waals surface area (Å²) >= 11 is 0. The molecule has 0 heterocycles. The molecule has 0 bridgehead atoms. The van der Waals surface area contributed by atoms with Gasteiger partial charge in [0.05, 0.1) is 6.54 Å². The molecule has 22 heavy (non-hydrogen) atoms. The highest BCUT2D eigenvalue weighted by molar-refractivity contribution is 14.0. The molecule has 1 saturated carbocycles. The molecule has 1 fully saturated rings. The van der Waals surface area contributed by atoms with Crippen LogP contribution in [0.15, 0.2) is 29.3 Å². The van der Waals surface area contributed by atoms with E-state index in [1.54, 1.807) is 12.1 Å². The van der Waals surface area contributed by atoms with E-state index >= 15 is 0 Å². The van der Waals surface area contributed by atoms with Crippen LogP contribution < -0.4 is 15.4 Å². The maximum atomic E-state index is 12.8. The van der Waals surface area contributed by atoms with E-state index in [2.05, 4.69) is 22.5 Å². The molecule has 4 nitrogen and oxygen atoms in total. The molecule has 1 aromatic carbocycles. The van der Waals surface area contributed by atoms with E-state index in [0.717, 1.165) is 18.4 Å². The van der Waals surface area contributed by atoms with Gasteiger partial charge in [-0.25, -0.2) is 9.38 Å². The fourth-order valence-corrected chi connectivity index (χ4v) is 2.02. The molecular formula is C16H25FIN3O. The Morgan fingerprint density at radius 1 is 1.41 bits per heavy atom. The first-order chi connectivity index (χ1) is 10.1. The third-order valence-corrected chi connectivity index (χ3v) is 3.43. The largest absolute Gasteiger partial charge is 0.489 e. The number of guanidine groups is 1. The van der Waals surface area contributed by atoms with Gasteiger partial charge in [-0.15, -0.1) is 24.0 Å². The van der Waals surface area contributed by atoms with Crippen LogP contribution in [0.2, 0.25) is 0 Å². The molecule has 2 rings (SSSR count). The fourth-order valence-electron chi connectivity index (χ4n) is 2.02. The number of aliphatic imine (C=N–C) groups is 1. The van der Waals surface area contributed by atoms with Gasteiger partial charge in [0.2, 0.25) is 0 Å². The van der Waals surface area contributed by atoms with Gasteiger partial charge in [-0.05, 0) is 50.5 Å². The summed E-state index contributed by atoms with van der Waals surface area (Å²) in [5, 5.41) is 6.64. The van der Waals surface area contributed by atoms with Gasteiger partial charge in [0.25, 0.3) is 0 Å². The van der Waals surface area contributed by atoms with Gasteiger partial charge in [0.1, 0.15) is 17.7 Å². The Kier molecular flexibility index (Phi) is 7.92. The van der Waals surface area contributed by atoms with Crippen LogP contribution in [0.25, 0.3) is 0 Å². The van der Waals surface area contributed by atoms with Crippen molar-refractivity contribution < 1.29 is 9.13 Å². The van der Waals surface area contributed by atoms with Crippen LogP contribution in [0, 0.1) is 11.7 Å². The summed E-state index contributed by atoms with van der Waals surface area (Å²) in [6.07, 6.45) is 1.13. The lowest BCUT2D eigenvalue weighted by molar-refractivity contribution is 0.230. The minimum absolute atomic E-state index is 0. The normalized spacial score (nSPS) is 21.5. The maximum absolute atomic E-state index is 12.8. The lowest BCUT2D eigenvalue weighted by atomic mass is 10.3. The van der Waals surface area contributed by atoms with Crippen molar-refractivity contribution >= 4 is 29.9 Å². The van der Waals surface area contributed by atoms with Crippen LogP contribution in [0.3, 0.4) is 0 Å². The van der Waals surface area contributed by atoms with Crippen molar-refractivity contribution in [3.05, 3.63) is 30.1 Å².